The van der Waals surface area contributed by atoms with E-state index in [1.165, 1.54) is 12.8 Å². The highest BCUT2D eigenvalue weighted by molar-refractivity contribution is 5.54. The summed E-state index contributed by atoms with van der Waals surface area (Å²) >= 11 is 0. The molecule has 0 radical (unpaired) electrons. The van der Waals surface area contributed by atoms with E-state index in [4.69, 9.17) is 0 Å². The average Bonchev–Trinajstić information content (AvgIpc) is 2.34. The molecular formula is C14H17N. The molecule has 2 fully saturated rings. The third kappa shape index (κ3) is 0.538. The van der Waals surface area contributed by atoms with Gasteiger partial charge in [-0.15, -0.1) is 0 Å². The Kier molecular flexibility index (Phi) is 1.04. The summed E-state index contributed by atoms with van der Waals surface area (Å²) in [6.45, 7) is 7.43. The Morgan fingerprint density at radius 3 is 2.87 bits per heavy atom. The minimum absolute atomic E-state index is 0.425. The van der Waals surface area contributed by atoms with Crippen LogP contribution in [0.4, 0.5) is 0 Å². The summed E-state index contributed by atoms with van der Waals surface area (Å²) in [6.07, 6.45) is 6.85. The molecule has 4 unspecified atom stereocenters. The molecule has 1 nitrogen and oxygen atoms in total. The van der Waals surface area contributed by atoms with Crippen molar-refractivity contribution in [2.45, 2.75) is 44.9 Å². The summed E-state index contributed by atoms with van der Waals surface area (Å²) in [4.78, 5) is 4.33. The molecule has 2 saturated carbocycles. The number of hydrogen-bond acceptors (Lipinski definition) is 1. The number of hydrogen-bond donors (Lipinski definition) is 0. The lowest BCUT2D eigenvalue weighted by molar-refractivity contribution is -0.227. The minimum Gasteiger partial charge on any atom is -0.264 e. The third-order valence-electron chi connectivity index (χ3n) is 6.32. The number of aromatic nitrogens is 1. The molecule has 0 saturated heterocycles. The van der Waals surface area contributed by atoms with Gasteiger partial charge >= 0.3 is 0 Å². The van der Waals surface area contributed by atoms with Crippen LogP contribution < -0.4 is 0 Å². The zero-order valence-corrected chi connectivity index (χ0v) is 9.67. The van der Waals surface area contributed by atoms with E-state index in [0.29, 0.717) is 16.2 Å². The maximum absolute atomic E-state index is 4.33. The molecule has 3 aliphatic carbocycles. The van der Waals surface area contributed by atoms with Crippen molar-refractivity contribution in [3.63, 3.8) is 0 Å². The van der Waals surface area contributed by atoms with Gasteiger partial charge in [-0.1, -0.05) is 20.8 Å². The van der Waals surface area contributed by atoms with Crippen LogP contribution in [0, 0.1) is 10.8 Å². The molecule has 4 rings (SSSR count). The normalized spacial score (nSPS) is 53.9. The number of rotatable bonds is 0. The molecule has 15 heavy (non-hydrogen) atoms. The monoisotopic (exact) mass is 199 g/mol. The Morgan fingerprint density at radius 1 is 1.33 bits per heavy atom. The standard InChI is InChI=1S/C14H17N/c1-12-6-10-9-4-5-15-7-11(9)13(2,8-12)14(10,12)3/h4-5,7,10H,6,8H2,1-3H3. The van der Waals surface area contributed by atoms with E-state index < -0.39 is 0 Å². The number of pyridine rings is 1. The van der Waals surface area contributed by atoms with Crippen LogP contribution in [0.25, 0.3) is 0 Å². The first-order valence-corrected chi connectivity index (χ1v) is 5.97. The summed E-state index contributed by atoms with van der Waals surface area (Å²) in [6, 6.07) is 2.26. The average molecular weight is 199 g/mol. The molecule has 0 amide bonds. The van der Waals surface area contributed by atoms with Crippen molar-refractivity contribution in [3.8, 4) is 0 Å². The zero-order valence-electron chi connectivity index (χ0n) is 9.67. The smallest absolute Gasteiger partial charge is 0.0308 e. The quantitative estimate of drug-likeness (QED) is 0.625. The molecule has 0 aromatic carbocycles. The van der Waals surface area contributed by atoms with Crippen molar-refractivity contribution in [2.75, 3.05) is 0 Å². The van der Waals surface area contributed by atoms with Crippen molar-refractivity contribution in [3.05, 3.63) is 29.6 Å². The Bertz CT molecular complexity index is 480. The fraction of sp³-hybridized carbons (Fsp3) is 0.643. The van der Waals surface area contributed by atoms with Crippen molar-refractivity contribution in [1.29, 1.82) is 0 Å². The second-order valence-electron chi connectivity index (χ2n) is 6.49. The van der Waals surface area contributed by atoms with Crippen LogP contribution in [0.2, 0.25) is 0 Å². The third-order valence-corrected chi connectivity index (χ3v) is 6.32. The van der Waals surface area contributed by atoms with Gasteiger partial charge in [0, 0.05) is 17.8 Å². The van der Waals surface area contributed by atoms with Crippen LogP contribution in [0.15, 0.2) is 18.5 Å². The topological polar surface area (TPSA) is 12.9 Å². The van der Waals surface area contributed by atoms with Gasteiger partial charge in [0.25, 0.3) is 0 Å². The van der Waals surface area contributed by atoms with E-state index in [0.717, 1.165) is 5.92 Å². The summed E-state index contributed by atoms with van der Waals surface area (Å²) in [7, 11) is 0. The summed E-state index contributed by atoms with van der Waals surface area (Å²) in [5.74, 6) is 0.819. The van der Waals surface area contributed by atoms with Gasteiger partial charge in [-0.2, -0.15) is 0 Å². The van der Waals surface area contributed by atoms with Crippen LogP contribution in [0.5, 0.6) is 0 Å². The highest BCUT2D eigenvalue weighted by atomic mass is 14.8. The lowest BCUT2D eigenvalue weighted by Crippen LogP contribution is -2.70. The Morgan fingerprint density at radius 2 is 2.13 bits per heavy atom. The van der Waals surface area contributed by atoms with E-state index in [1.807, 2.05) is 6.20 Å². The van der Waals surface area contributed by atoms with Gasteiger partial charge < -0.3 is 0 Å². The maximum atomic E-state index is 4.33. The molecule has 4 atom stereocenters. The Hall–Kier alpha value is -0.850. The highest BCUT2D eigenvalue weighted by Gasteiger charge is 2.80. The van der Waals surface area contributed by atoms with Crippen molar-refractivity contribution in [1.82, 2.24) is 4.98 Å². The second-order valence-corrected chi connectivity index (χ2v) is 6.49. The Labute approximate surface area is 90.9 Å². The van der Waals surface area contributed by atoms with E-state index >= 15 is 0 Å². The largest absolute Gasteiger partial charge is 0.264 e. The molecule has 1 aromatic rings. The van der Waals surface area contributed by atoms with Gasteiger partial charge in [0.1, 0.15) is 0 Å². The van der Waals surface area contributed by atoms with E-state index in [-0.39, 0.29) is 0 Å². The molecule has 1 heteroatoms. The van der Waals surface area contributed by atoms with Crippen LogP contribution in [-0.2, 0) is 5.41 Å². The SMILES string of the molecule is CC12CC3c4ccncc4C(C)(C1)C32C. The lowest BCUT2D eigenvalue weighted by Gasteiger charge is -2.75. The fourth-order valence-corrected chi connectivity index (χ4v) is 5.29. The van der Waals surface area contributed by atoms with Crippen LogP contribution in [0.1, 0.15) is 50.7 Å². The molecule has 0 bridgehead atoms. The van der Waals surface area contributed by atoms with E-state index in [9.17, 15) is 0 Å². The van der Waals surface area contributed by atoms with Gasteiger partial charge in [0.05, 0.1) is 0 Å². The van der Waals surface area contributed by atoms with Crippen LogP contribution >= 0.6 is 0 Å². The van der Waals surface area contributed by atoms with Gasteiger partial charge in [0.15, 0.2) is 0 Å². The Balaban J connectivity index is 2.02. The predicted octanol–water partition coefficient (Wildman–Crippen LogP) is 3.26. The molecule has 3 aliphatic rings. The van der Waals surface area contributed by atoms with Crippen molar-refractivity contribution >= 4 is 0 Å². The fourth-order valence-electron chi connectivity index (χ4n) is 5.29. The summed E-state index contributed by atoms with van der Waals surface area (Å²) in [5.41, 5.74) is 4.72. The van der Waals surface area contributed by atoms with Crippen molar-refractivity contribution < 1.29 is 0 Å². The van der Waals surface area contributed by atoms with Gasteiger partial charge in [0.2, 0.25) is 0 Å². The van der Waals surface area contributed by atoms with Crippen LogP contribution in [-0.4, -0.2) is 4.98 Å². The summed E-state index contributed by atoms with van der Waals surface area (Å²) in [5, 5.41) is 0. The molecule has 78 valence electrons. The zero-order chi connectivity index (χ0) is 10.5. The first-order chi connectivity index (χ1) is 7.03. The molecule has 1 aromatic heterocycles. The molecule has 0 spiro atoms. The van der Waals surface area contributed by atoms with Gasteiger partial charge in [-0.25, -0.2) is 0 Å². The van der Waals surface area contributed by atoms with Crippen LogP contribution in [0.3, 0.4) is 0 Å². The first kappa shape index (κ1) is 8.32. The molecule has 0 N–H and O–H groups in total. The minimum atomic E-state index is 0.425. The first-order valence-electron chi connectivity index (χ1n) is 5.97. The van der Waals surface area contributed by atoms with Crippen molar-refractivity contribution in [2.24, 2.45) is 10.8 Å². The maximum Gasteiger partial charge on any atom is 0.0308 e. The highest BCUT2D eigenvalue weighted by Crippen LogP contribution is 2.87. The predicted molar refractivity (Wildman–Crippen MR) is 59.8 cm³/mol. The molecular weight excluding hydrogens is 182 g/mol. The molecule has 1 heterocycles. The van der Waals surface area contributed by atoms with E-state index in [2.05, 4.69) is 38.0 Å². The second kappa shape index (κ2) is 1.88. The lowest BCUT2D eigenvalue weighted by atomic mass is 9.28. The van der Waals surface area contributed by atoms with E-state index in [1.54, 1.807) is 11.1 Å². The molecule has 0 aliphatic heterocycles. The van der Waals surface area contributed by atoms with Gasteiger partial charge in [-0.3, -0.25) is 4.98 Å². The number of fused-ring (bicyclic) bond motifs is 3. The summed E-state index contributed by atoms with van der Waals surface area (Å²) < 4.78 is 0. The number of nitrogens with zero attached hydrogens (tertiary/aromatic N) is 1. The van der Waals surface area contributed by atoms with Gasteiger partial charge in [-0.05, 0) is 46.8 Å².